The standard InChI is InChI=1S/C20H23N3O4S/c1-4-26-17-8-10-18(11-9-17)28(24,25)23(3)13-12-19-21-20(27-22-19)16-7-5-6-15(2)14-16/h5-11,14H,4,12-13H2,1-3H3. The molecule has 0 N–H and O–H groups in total. The summed E-state index contributed by atoms with van der Waals surface area (Å²) in [6, 6.07) is 14.1. The lowest BCUT2D eigenvalue weighted by Gasteiger charge is -2.16. The van der Waals surface area contributed by atoms with Crippen LogP contribution in [0, 0.1) is 6.92 Å². The minimum absolute atomic E-state index is 0.215. The number of sulfonamides is 1. The fourth-order valence-electron chi connectivity index (χ4n) is 2.68. The van der Waals surface area contributed by atoms with Crippen molar-refractivity contribution in [1.82, 2.24) is 14.4 Å². The van der Waals surface area contributed by atoms with Crippen LogP contribution in [0.2, 0.25) is 0 Å². The van der Waals surface area contributed by atoms with Crippen molar-refractivity contribution in [3.8, 4) is 17.2 Å². The summed E-state index contributed by atoms with van der Waals surface area (Å²) in [6.45, 7) is 4.63. The molecule has 28 heavy (non-hydrogen) atoms. The van der Waals surface area contributed by atoms with E-state index in [1.807, 2.05) is 38.1 Å². The van der Waals surface area contributed by atoms with E-state index in [-0.39, 0.29) is 11.4 Å². The zero-order valence-corrected chi connectivity index (χ0v) is 16.9. The summed E-state index contributed by atoms with van der Waals surface area (Å²) in [7, 11) is -2.07. The van der Waals surface area contributed by atoms with E-state index in [9.17, 15) is 8.42 Å². The van der Waals surface area contributed by atoms with Gasteiger partial charge in [0, 0.05) is 25.6 Å². The lowest BCUT2D eigenvalue weighted by atomic mass is 10.1. The maximum absolute atomic E-state index is 12.7. The Morgan fingerprint density at radius 1 is 1.14 bits per heavy atom. The summed E-state index contributed by atoms with van der Waals surface area (Å²) in [6.07, 6.45) is 0.349. The number of nitrogens with zero attached hydrogens (tertiary/aromatic N) is 3. The van der Waals surface area contributed by atoms with E-state index >= 15 is 0 Å². The summed E-state index contributed by atoms with van der Waals surface area (Å²) in [5.74, 6) is 1.53. The summed E-state index contributed by atoms with van der Waals surface area (Å²) < 4.78 is 37.3. The van der Waals surface area contributed by atoms with Gasteiger partial charge in [-0.15, -0.1) is 0 Å². The predicted molar refractivity (Wildman–Crippen MR) is 106 cm³/mol. The number of aryl methyl sites for hydroxylation is 1. The van der Waals surface area contributed by atoms with Gasteiger partial charge in [0.05, 0.1) is 11.5 Å². The molecule has 8 heteroatoms. The first kappa shape index (κ1) is 20.0. The zero-order valence-electron chi connectivity index (χ0n) is 16.1. The van der Waals surface area contributed by atoms with Crippen molar-refractivity contribution in [1.29, 1.82) is 0 Å². The molecule has 3 rings (SSSR count). The molecule has 7 nitrogen and oxygen atoms in total. The van der Waals surface area contributed by atoms with Crippen molar-refractivity contribution in [2.75, 3.05) is 20.2 Å². The van der Waals surface area contributed by atoms with Gasteiger partial charge in [-0.25, -0.2) is 12.7 Å². The van der Waals surface area contributed by atoms with Gasteiger partial charge < -0.3 is 9.26 Å². The van der Waals surface area contributed by atoms with Crippen LogP contribution in [-0.4, -0.2) is 43.1 Å². The van der Waals surface area contributed by atoms with E-state index < -0.39 is 10.0 Å². The Morgan fingerprint density at radius 2 is 1.89 bits per heavy atom. The minimum atomic E-state index is -3.60. The molecule has 0 saturated carbocycles. The number of aromatic nitrogens is 2. The van der Waals surface area contributed by atoms with Gasteiger partial charge in [0.2, 0.25) is 10.0 Å². The molecule has 1 aromatic heterocycles. The minimum Gasteiger partial charge on any atom is -0.494 e. The fourth-order valence-corrected chi connectivity index (χ4v) is 3.85. The van der Waals surface area contributed by atoms with Crippen LogP contribution in [0.3, 0.4) is 0 Å². The molecule has 3 aromatic rings. The number of hydrogen-bond acceptors (Lipinski definition) is 6. The van der Waals surface area contributed by atoms with Crippen molar-refractivity contribution in [2.24, 2.45) is 0 Å². The van der Waals surface area contributed by atoms with Crippen LogP contribution in [0.5, 0.6) is 5.75 Å². The molecule has 0 saturated heterocycles. The quantitative estimate of drug-likeness (QED) is 0.576. The van der Waals surface area contributed by atoms with E-state index in [1.54, 1.807) is 24.3 Å². The summed E-state index contributed by atoms with van der Waals surface area (Å²) in [5, 5.41) is 3.96. The molecule has 0 spiro atoms. The molecule has 0 amide bonds. The molecule has 0 bridgehead atoms. The smallest absolute Gasteiger partial charge is 0.257 e. The summed E-state index contributed by atoms with van der Waals surface area (Å²) in [5.41, 5.74) is 1.94. The Labute approximate surface area is 165 Å². The van der Waals surface area contributed by atoms with Gasteiger partial charge >= 0.3 is 0 Å². The monoisotopic (exact) mass is 401 g/mol. The lowest BCUT2D eigenvalue weighted by Crippen LogP contribution is -2.29. The van der Waals surface area contributed by atoms with Gasteiger partial charge in [0.1, 0.15) is 5.75 Å². The normalized spacial score (nSPS) is 11.7. The van der Waals surface area contributed by atoms with Crippen LogP contribution in [0.1, 0.15) is 18.3 Å². The molecule has 0 unspecified atom stereocenters. The van der Waals surface area contributed by atoms with Gasteiger partial charge in [-0.1, -0.05) is 22.9 Å². The Morgan fingerprint density at radius 3 is 2.57 bits per heavy atom. The van der Waals surface area contributed by atoms with Crippen LogP contribution < -0.4 is 4.74 Å². The van der Waals surface area contributed by atoms with E-state index in [2.05, 4.69) is 10.1 Å². The zero-order chi connectivity index (χ0) is 20.1. The van der Waals surface area contributed by atoms with Gasteiger partial charge in [-0.2, -0.15) is 4.98 Å². The molecule has 0 atom stereocenters. The highest BCUT2D eigenvalue weighted by molar-refractivity contribution is 7.89. The third-order valence-electron chi connectivity index (χ3n) is 4.23. The average molecular weight is 401 g/mol. The first-order valence-corrected chi connectivity index (χ1v) is 10.4. The average Bonchev–Trinajstić information content (AvgIpc) is 3.16. The topological polar surface area (TPSA) is 85.5 Å². The Balaban J connectivity index is 1.65. The van der Waals surface area contributed by atoms with E-state index in [4.69, 9.17) is 9.26 Å². The molecule has 0 aliphatic rings. The lowest BCUT2D eigenvalue weighted by molar-refractivity contribution is 0.340. The SMILES string of the molecule is CCOc1ccc(S(=O)(=O)N(C)CCc2noc(-c3cccc(C)c3)n2)cc1. The summed E-state index contributed by atoms with van der Waals surface area (Å²) >= 11 is 0. The van der Waals surface area contributed by atoms with Crippen molar-refractivity contribution in [3.05, 3.63) is 59.9 Å². The van der Waals surface area contributed by atoms with Gasteiger partial charge in [-0.3, -0.25) is 0 Å². The van der Waals surface area contributed by atoms with Crippen molar-refractivity contribution in [2.45, 2.75) is 25.2 Å². The van der Waals surface area contributed by atoms with Gasteiger partial charge in [0.15, 0.2) is 5.82 Å². The molecule has 148 valence electrons. The van der Waals surface area contributed by atoms with Crippen molar-refractivity contribution in [3.63, 3.8) is 0 Å². The highest BCUT2D eigenvalue weighted by Gasteiger charge is 2.21. The third-order valence-corrected chi connectivity index (χ3v) is 6.10. The van der Waals surface area contributed by atoms with Crippen molar-refractivity contribution >= 4 is 10.0 Å². The molecule has 0 aliphatic carbocycles. The highest BCUT2D eigenvalue weighted by atomic mass is 32.2. The number of ether oxygens (including phenoxy) is 1. The maximum atomic E-state index is 12.7. The van der Waals surface area contributed by atoms with Gasteiger partial charge in [0.25, 0.3) is 5.89 Å². The van der Waals surface area contributed by atoms with Gasteiger partial charge in [-0.05, 0) is 50.2 Å². The second-order valence-electron chi connectivity index (χ2n) is 6.37. The highest BCUT2D eigenvalue weighted by Crippen LogP contribution is 2.20. The molecule has 2 aromatic carbocycles. The second-order valence-corrected chi connectivity index (χ2v) is 8.41. The Kier molecular flexibility index (Phi) is 6.11. The van der Waals surface area contributed by atoms with Crippen LogP contribution >= 0.6 is 0 Å². The Bertz CT molecular complexity index is 1030. The molecule has 0 aliphatic heterocycles. The van der Waals surface area contributed by atoms with Crippen molar-refractivity contribution < 1.29 is 17.7 Å². The molecule has 0 fully saturated rings. The van der Waals surface area contributed by atoms with Crippen LogP contribution in [0.4, 0.5) is 0 Å². The first-order chi connectivity index (χ1) is 13.4. The number of likely N-dealkylation sites (N-methyl/N-ethyl adjacent to an activating group) is 1. The van der Waals surface area contributed by atoms with Crippen LogP contribution in [0.15, 0.2) is 57.9 Å². The Hall–Kier alpha value is -2.71. The molecular formula is C20H23N3O4S. The number of hydrogen-bond donors (Lipinski definition) is 0. The predicted octanol–water partition coefficient (Wildman–Crippen LogP) is 3.31. The largest absolute Gasteiger partial charge is 0.494 e. The molecule has 1 heterocycles. The first-order valence-electron chi connectivity index (χ1n) is 8.99. The summed E-state index contributed by atoms with van der Waals surface area (Å²) in [4.78, 5) is 4.58. The second kappa shape index (κ2) is 8.53. The number of benzene rings is 2. The fraction of sp³-hybridized carbons (Fsp3) is 0.300. The number of rotatable bonds is 8. The van der Waals surface area contributed by atoms with Crippen LogP contribution in [-0.2, 0) is 16.4 Å². The maximum Gasteiger partial charge on any atom is 0.257 e. The van der Waals surface area contributed by atoms with E-state index in [0.29, 0.717) is 30.5 Å². The van der Waals surface area contributed by atoms with E-state index in [0.717, 1.165) is 11.1 Å². The molecular weight excluding hydrogens is 378 g/mol. The molecule has 0 radical (unpaired) electrons. The van der Waals surface area contributed by atoms with Crippen LogP contribution in [0.25, 0.3) is 11.5 Å². The van der Waals surface area contributed by atoms with E-state index in [1.165, 1.54) is 11.4 Å². The third kappa shape index (κ3) is 4.58.